The summed E-state index contributed by atoms with van der Waals surface area (Å²) in [5, 5.41) is 11.1. The van der Waals surface area contributed by atoms with E-state index < -0.39 is 0 Å². The van der Waals surface area contributed by atoms with Crippen LogP contribution < -0.4 is 5.32 Å². The lowest BCUT2D eigenvalue weighted by molar-refractivity contribution is 0.0946. The highest BCUT2D eigenvalue weighted by atomic mass is 35.5. The van der Waals surface area contributed by atoms with E-state index in [2.05, 4.69) is 15.5 Å². The maximum atomic E-state index is 12.2. The highest BCUT2D eigenvalue weighted by Crippen LogP contribution is 2.20. The molecule has 0 aliphatic rings. The molecule has 3 rings (SSSR count). The van der Waals surface area contributed by atoms with Crippen molar-refractivity contribution in [1.29, 1.82) is 0 Å². The molecule has 0 saturated carbocycles. The number of carbonyl (C=O) groups is 1. The molecule has 2 aromatic carbocycles. The zero-order chi connectivity index (χ0) is 16.2. The van der Waals surface area contributed by atoms with Gasteiger partial charge in [0.1, 0.15) is 5.69 Å². The number of aromatic nitrogens is 2. The number of hydrogen-bond donors (Lipinski definition) is 2. The van der Waals surface area contributed by atoms with Gasteiger partial charge in [0, 0.05) is 22.2 Å². The monoisotopic (exact) mass is 345 g/mol. The fraction of sp³-hybridized carbons (Fsp3) is 0.0588. The molecular formula is C17H13Cl2N3O. The van der Waals surface area contributed by atoms with Gasteiger partial charge >= 0.3 is 0 Å². The van der Waals surface area contributed by atoms with Gasteiger partial charge in [-0.3, -0.25) is 9.89 Å². The van der Waals surface area contributed by atoms with Crippen LogP contribution in [0.1, 0.15) is 16.1 Å². The maximum Gasteiger partial charge on any atom is 0.269 e. The number of benzene rings is 2. The van der Waals surface area contributed by atoms with Crippen LogP contribution >= 0.6 is 23.2 Å². The fourth-order valence-electron chi connectivity index (χ4n) is 2.09. The molecule has 116 valence electrons. The molecule has 1 heterocycles. The maximum absolute atomic E-state index is 12.2. The van der Waals surface area contributed by atoms with Crippen LogP contribution in [0.25, 0.3) is 11.3 Å². The van der Waals surface area contributed by atoms with Crippen LogP contribution in [-0.2, 0) is 6.54 Å². The van der Waals surface area contributed by atoms with Crippen LogP contribution in [0.3, 0.4) is 0 Å². The van der Waals surface area contributed by atoms with Crippen molar-refractivity contribution in [2.75, 3.05) is 0 Å². The minimum absolute atomic E-state index is 0.215. The van der Waals surface area contributed by atoms with Gasteiger partial charge < -0.3 is 5.32 Å². The summed E-state index contributed by atoms with van der Waals surface area (Å²) in [6.07, 6.45) is 0. The Morgan fingerprint density at radius 3 is 2.26 bits per heavy atom. The molecule has 4 nitrogen and oxygen atoms in total. The van der Waals surface area contributed by atoms with Gasteiger partial charge in [-0.25, -0.2) is 0 Å². The van der Waals surface area contributed by atoms with Crippen molar-refractivity contribution < 1.29 is 4.79 Å². The molecule has 0 unspecified atom stereocenters. The first-order valence-corrected chi connectivity index (χ1v) is 7.71. The fourth-order valence-corrected chi connectivity index (χ4v) is 2.34. The summed E-state index contributed by atoms with van der Waals surface area (Å²) in [7, 11) is 0. The summed E-state index contributed by atoms with van der Waals surface area (Å²) in [6.45, 7) is 0.422. The highest BCUT2D eigenvalue weighted by Gasteiger charge is 2.10. The van der Waals surface area contributed by atoms with Crippen LogP contribution in [-0.4, -0.2) is 16.1 Å². The van der Waals surface area contributed by atoms with Gasteiger partial charge in [0.2, 0.25) is 0 Å². The number of H-pyrrole nitrogens is 1. The van der Waals surface area contributed by atoms with Crippen molar-refractivity contribution in [3.8, 4) is 11.3 Å². The Labute approximate surface area is 143 Å². The Balaban J connectivity index is 1.66. The number of nitrogens with zero attached hydrogens (tertiary/aromatic N) is 1. The second-order valence-electron chi connectivity index (χ2n) is 4.98. The molecule has 0 atom stereocenters. The number of aromatic amines is 1. The van der Waals surface area contributed by atoms with E-state index in [1.807, 2.05) is 24.3 Å². The van der Waals surface area contributed by atoms with Gasteiger partial charge in [0.05, 0.1) is 5.69 Å². The lowest BCUT2D eigenvalue weighted by Crippen LogP contribution is -2.23. The Morgan fingerprint density at radius 2 is 1.61 bits per heavy atom. The SMILES string of the molecule is O=C(NCc1ccc(Cl)cc1)c1cc(-c2ccc(Cl)cc2)n[nH]1. The summed E-state index contributed by atoms with van der Waals surface area (Å²) in [5.74, 6) is -0.215. The number of hydrogen-bond acceptors (Lipinski definition) is 2. The minimum Gasteiger partial charge on any atom is -0.347 e. The third-order valence-corrected chi connectivity index (χ3v) is 3.83. The normalized spacial score (nSPS) is 10.5. The first-order chi connectivity index (χ1) is 11.1. The molecule has 2 N–H and O–H groups in total. The summed E-state index contributed by atoms with van der Waals surface area (Å²) in [4.78, 5) is 12.2. The van der Waals surface area contributed by atoms with Crippen molar-refractivity contribution in [1.82, 2.24) is 15.5 Å². The van der Waals surface area contributed by atoms with E-state index in [0.29, 0.717) is 28.0 Å². The smallest absolute Gasteiger partial charge is 0.269 e. The van der Waals surface area contributed by atoms with E-state index in [1.165, 1.54) is 0 Å². The summed E-state index contributed by atoms with van der Waals surface area (Å²) in [5.41, 5.74) is 2.96. The molecule has 1 amide bonds. The molecule has 0 saturated heterocycles. The van der Waals surface area contributed by atoms with Gasteiger partial charge in [-0.1, -0.05) is 47.5 Å². The van der Waals surface area contributed by atoms with Crippen LogP contribution in [0.4, 0.5) is 0 Å². The zero-order valence-electron chi connectivity index (χ0n) is 12.0. The average Bonchev–Trinajstić information content (AvgIpc) is 3.05. The molecule has 0 bridgehead atoms. The van der Waals surface area contributed by atoms with E-state index >= 15 is 0 Å². The van der Waals surface area contributed by atoms with Gasteiger partial charge in [0.15, 0.2) is 0 Å². The van der Waals surface area contributed by atoms with E-state index in [1.54, 1.807) is 30.3 Å². The first-order valence-electron chi connectivity index (χ1n) is 6.96. The van der Waals surface area contributed by atoms with Crippen LogP contribution in [0, 0.1) is 0 Å². The highest BCUT2D eigenvalue weighted by molar-refractivity contribution is 6.30. The molecule has 0 radical (unpaired) electrons. The Kier molecular flexibility index (Phi) is 4.65. The predicted octanol–water partition coefficient (Wildman–Crippen LogP) is 4.31. The molecule has 6 heteroatoms. The van der Waals surface area contributed by atoms with Crippen molar-refractivity contribution in [2.45, 2.75) is 6.54 Å². The van der Waals surface area contributed by atoms with Gasteiger partial charge in [0.25, 0.3) is 5.91 Å². The molecule has 0 spiro atoms. The van der Waals surface area contributed by atoms with Crippen LogP contribution in [0.2, 0.25) is 10.0 Å². The number of nitrogens with one attached hydrogen (secondary N) is 2. The molecular weight excluding hydrogens is 333 g/mol. The Morgan fingerprint density at radius 1 is 1.00 bits per heavy atom. The minimum atomic E-state index is -0.215. The molecule has 0 aliphatic carbocycles. The van der Waals surface area contributed by atoms with Crippen LogP contribution in [0.5, 0.6) is 0 Å². The van der Waals surface area contributed by atoms with E-state index in [-0.39, 0.29) is 5.91 Å². The summed E-state index contributed by atoms with van der Waals surface area (Å²) < 4.78 is 0. The van der Waals surface area contributed by atoms with Crippen molar-refractivity contribution in [3.63, 3.8) is 0 Å². The molecule has 3 aromatic rings. The summed E-state index contributed by atoms with van der Waals surface area (Å²) >= 11 is 11.7. The molecule has 0 aliphatic heterocycles. The number of halogens is 2. The third kappa shape index (κ3) is 3.92. The van der Waals surface area contributed by atoms with E-state index in [9.17, 15) is 4.79 Å². The van der Waals surface area contributed by atoms with Crippen LogP contribution in [0.15, 0.2) is 54.6 Å². The van der Waals surface area contributed by atoms with Gasteiger partial charge in [-0.05, 0) is 35.9 Å². The van der Waals surface area contributed by atoms with E-state index in [4.69, 9.17) is 23.2 Å². The van der Waals surface area contributed by atoms with Gasteiger partial charge in [-0.15, -0.1) is 0 Å². The molecule has 0 fully saturated rings. The van der Waals surface area contributed by atoms with Crippen molar-refractivity contribution >= 4 is 29.1 Å². The second kappa shape index (κ2) is 6.86. The molecule has 1 aromatic heterocycles. The predicted molar refractivity (Wildman–Crippen MR) is 91.7 cm³/mol. The topological polar surface area (TPSA) is 57.8 Å². The lowest BCUT2D eigenvalue weighted by Gasteiger charge is -2.03. The number of amides is 1. The largest absolute Gasteiger partial charge is 0.347 e. The third-order valence-electron chi connectivity index (χ3n) is 3.33. The van der Waals surface area contributed by atoms with E-state index in [0.717, 1.165) is 11.1 Å². The Hall–Kier alpha value is -2.30. The Bertz CT molecular complexity index is 811. The van der Waals surface area contributed by atoms with Crippen molar-refractivity contribution in [2.24, 2.45) is 0 Å². The quantitative estimate of drug-likeness (QED) is 0.739. The van der Waals surface area contributed by atoms with Gasteiger partial charge in [-0.2, -0.15) is 5.10 Å². The summed E-state index contributed by atoms with van der Waals surface area (Å²) in [6, 6.07) is 16.3. The lowest BCUT2D eigenvalue weighted by atomic mass is 10.1. The average molecular weight is 346 g/mol. The molecule has 23 heavy (non-hydrogen) atoms. The standard InChI is InChI=1S/C17H13Cl2N3O/c18-13-5-1-11(2-6-13)10-20-17(23)16-9-15(21-22-16)12-3-7-14(19)8-4-12/h1-9H,10H2,(H,20,23)(H,21,22). The number of carbonyl (C=O) groups excluding carboxylic acids is 1. The second-order valence-corrected chi connectivity index (χ2v) is 5.86. The first kappa shape index (κ1) is 15.6. The zero-order valence-corrected chi connectivity index (χ0v) is 13.5. The van der Waals surface area contributed by atoms with Crippen molar-refractivity contribution in [3.05, 3.63) is 75.9 Å². The number of rotatable bonds is 4.